The highest BCUT2D eigenvalue weighted by atomic mass is 32.1. The van der Waals surface area contributed by atoms with Gasteiger partial charge in [-0.2, -0.15) is 0 Å². The van der Waals surface area contributed by atoms with Gasteiger partial charge in [0.15, 0.2) is 0 Å². The number of pyridine rings is 1. The molecule has 7 heteroatoms. The molecule has 1 aromatic carbocycles. The molecule has 1 aliphatic rings. The van der Waals surface area contributed by atoms with Gasteiger partial charge in [-0.3, -0.25) is 14.6 Å². The molecule has 0 bridgehead atoms. The zero-order valence-corrected chi connectivity index (χ0v) is 15.2. The Hall–Kier alpha value is -3.06. The predicted octanol–water partition coefficient (Wildman–Crippen LogP) is 3.35. The molecule has 136 valence electrons. The molecule has 0 radical (unpaired) electrons. The maximum Gasteiger partial charge on any atom is 0.312 e. The monoisotopic (exact) mass is 379 g/mol. The Balaban J connectivity index is 1.45. The van der Waals surface area contributed by atoms with Gasteiger partial charge in [0.1, 0.15) is 10.9 Å². The lowest BCUT2D eigenvalue weighted by Gasteiger charge is -2.17. The Bertz CT molecular complexity index is 987. The number of para-hydroxylation sites is 1. The quantitative estimate of drug-likeness (QED) is 0.735. The van der Waals surface area contributed by atoms with E-state index in [1.54, 1.807) is 29.4 Å². The Morgan fingerprint density at radius 2 is 1.96 bits per heavy atom. The van der Waals surface area contributed by atoms with Crippen LogP contribution < -0.4 is 4.90 Å². The van der Waals surface area contributed by atoms with E-state index >= 15 is 0 Å². The van der Waals surface area contributed by atoms with Crippen molar-refractivity contribution in [2.75, 3.05) is 11.4 Å². The third-order valence-electron chi connectivity index (χ3n) is 4.59. The molecular weight excluding hydrogens is 362 g/mol. The van der Waals surface area contributed by atoms with Crippen molar-refractivity contribution < 1.29 is 14.7 Å². The van der Waals surface area contributed by atoms with Crippen LogP contribution in [0.4, 0.5) is 5.69 Å². The number of hydrogen-bond donors (Lipinski definition) is 1. The molecule has 4 rings (SSSR count). The predicted molar refractivity (Wildman–Crippen MR) is 103 cm³/mol. The van der Waals surface area contributed by atoms with Gasteiger partial charge in [0.2, 0.25) is 5.91 Å². The van der Waals surface area contributed by atoms with E-state index in [4.69, 9.17) is 0 Å². The largest absolute Gasteiger partial charge is 0.481 e. The van der Waals surface area contributed by atoms with Crippen LogP contribution in [0.5, 0.6) is 0 Å². The average Bonchev–Trinajstić information content (AvgIpc) is 3.32. The van der Waals surface area contributed by atoms with Gasteiger partial charge in [0.25, 0.3) is 0 Å². The van der Waals surface area contributed by atoms with E-state index in [-0.39, 0.29) is 12.5 Å². The molecule has 0 spiro atoms. The van der Waals surface area contributed by atoms with Gasteiger partial charge in [0, 0.05) is 35.9 Å². The standard InChI is InChI=1S/C20H17N3O3S/c24-18(23-12-15(20(25)26)14-5-1-2-7-17(14)23)9-8-13-11-22-19(27-13)16-6-3-4-10-21-16/h1-7,10-11,15H,8-9,12H2,(H,25,26). The highest BCUT2D eigenvalue weighted by Crippen LogP contribution is 2.36. The first-order chi connectivity index (χ1) is 13.1. The Morgan fingerprint density at radius 1 is 1.15 bits per heavy atom. The molecule has 27 heavy (non-hydrogen) atoms. The summed E-state index contributed by atoms with van der Waals surface area (Å²) in [6.07, 6.45) is 4.38. The number of aromatic nitrogens is 2. The van der Waals surface area contributed by atoms with Crippen LogP contribution in [0.2, 0.25) is 0 Å². The SMILES string of the molecule is O=C(O)C1CN(C(=O)CCc2cnc(-c3ccccn3)s2)c2ccccc21. The summed E-state index contributed by atoms with van der Waals surface area (Å²) in [5.41, 5.74) is 2.22. The fourth-order valence-corrected chi connectivity index (χ4v) is 4.14. The van der Waals surface area contributed by atoms with Gasteiger partial charge >= 0.3 is 5.97 Å². The van der Waals surface area contributed by atoms with Crippen LogP contribution >= 0.6 is 11.3 Å². The minimum Gasteiger partial charge on any atom is -0.481 e. The number of hydrogen-bond acceptors (Lipinski definition) is 5. The molecule has 1 aliphatic heterocycles. The minimum absolute atomic E-state index is 0.0704. The maximum absolute atomic E-state index is 12.7. The topological polar surface area (TPSA) is 83.4 Å². The molecule has 6 nitrogen and oxygen atoms in total. The number of amides is 1. The lowest BCUT2D eigenvalue weighted by Crippen LogP contribution is -2.31. The number of benzene rings is 1. The van der Waals surface area contributed by atoms with Crippen molar-refractivity contribution in [2.45, 2.75) is 18.8 Å². The summed E-state index contributed by atoms with van der Waals surface area (Å²) < 4.78 is 0. The number of aryl methyl sites for hydroxylation is 1. The summed E-state index contributed by atoms with van der Waals surface area (Å²) >= 11 is 1.52. The zero-order chi connectivity index (χ0) is 18.8. The van der Waals surface area contributed by atoms with Gasteiger partial charge in [-0.1, -0.05) is 24.3 Å². The van der Waals surface area contributed by atoms with Crippen LogP contribution in [0.25, 0.3) is 10.7 Å². The van der Waals surface area contributed by atoms with Crippen LogP contribution in [-0.4, -0.2) is 33.5 Å². The first-order valence-corrected chi connectivity index (χ1v) is 9.43. The molecule has 1 atom stereocenters. The van der Waals surface area contributed by atoms with Gasteiger partial charge < -0.3 is 10.0 Å². The van der Waals surface area contributed by atoms with Crippen molar-refractivity contribution in [1.82, 2.24) is 9.97 Å². The molecule has 0 saturated heterocycles. The third-order valence-corrected chi connectivity index (χ3v) is 5.67. The molecule has 0 saturated carbocycles. The molecule has 3 aromatic rings. The molecule has 0 fully saturated rings. The van der Waals surface area contributed by atoms with Crippen molar-refractivity contribution in [3.8, 4) is 10.7 Å². The summed E-state index contributed by atoms with van der Waals surface area (Å²) in [5, 5.41) is 10.3. The molecule has 3 heterocycles. The molecule has 1 unspecified atom stereocenters. The average molecular weight is 379 g/mol. The van der Waals surface area contributed by atoms with Gasteiger partial charge in [-0.15, -0.1) is 11.3 Å². The van der Waals surface area contributed by atoms with Crippen molar-refractivity contribution in [3.05, 3.63) is 65.3 Å². The zero-order valence-electron chi connectivity index (χ0n) is 14.4. The summed E-state index contributed by atoms with van der Waals surface area (Å²) in [6, 6.07) is 12.9. The van der Waals surface area contributed by atoms with E-state index in [0.29, 0.717) is 24.1 Å². The first kappa shape index (κ1) is 17.4. The number of carboxylic acids is 1. The van der Waals surface area contributed by atoms with E-state index in [1.165, 1.54) is 11.3 Å². The smallest absolute Gasteiger partial charge is 0.312 e. The highest BCUT2D eigenvalue weighted by Gasteiger charge is 2.35. The van der Waals surface area contributed by atoms with Crippen molar-refractivity contribution in [2.24, 2.45) is 0 Å². The summed E-state index contributed by atoms with van der Waals surface area (Å²) in [7, 11) is 0. The van der Waals surface area contributed by atoms with Gasteiger partial charge in [0.05, 0.1) is 5.69 Å². The van der Waals surface area contributed by atoms with E-state index in [2.05, 4.69) is 9.97 Å². The second-order valence-corrected chi connectivity index (χ2v) is 7.42. The normalized spacial score (nSPS) is 15.6. The van der Waals surface area contributed by atoms with E-state index in [1.807, 2.05) is 30.3 Å². The molecule has 2 aromatic heterocycles. The second-order valence-electron chi connectivity index (χ2n) is 6.30. The van der Waals surface area contributed by atoms with Crippen LogP contribution in [0.1, 0.15) is 22.8 Å². The van der Waals surface area contributed by atoms with E-state index in [9.17, 15) is 14.7 Å². The van der Waals surface area contributed by atoms with Gasteiger partial charge in [-0.25, -0.2) is 4.98 Å². The lowest BCUT2D eigenvalue weighted by molar-refractivity contribution is -0.138. The Labute approximate surface area is 160 Å². The van der Waals surface area contributed by atoms with Crippen LogP contribution in [0, 0.1) is 0 Å². The van der Waals surface area contributed by atoms with Crippen molar-refractivity contribution >= 4 is 28.9 Å². The van der Waals surface area contributed by atoms with Gasteiger partial charge in [-0.05, 0) is 30.2 Å². The Morgan fingerprint density at radius 3 is 2.74 bits per heavy atom. The number of fused-ring (bicyclic) bond motifs is 1. The van der Waals surface area contributed by atoms with Crippen LogP contribution in [0.3, 0.4) is 0 Å². The number of thiazole rings is 1. The fourth-order valence-electron chi connectivity index (χ4n) is 3.25. The Kier molecular flexibility index (Phi) is 4.68. The minimum atomic E-state index is -0.903. The molecular formula is C20H17N3O3S. The number of carbonyl (C=O) groups is 2. The lowest BCUT2D eigenvalue weighted by atomic mass is 10.0. The number of aliphatic carboxylic acids is 1. The molecule has 1 N–H and O–H groups in total. The highest BCUT2D eigenvalue weighted by molar-refractivity contribution is 7.15. The molecule has 0 aliphatic carbocycles. The fraction of sp³-hybridized carbons (Fsp3) is 0.200. The van der Waals surface area contributed by atoms with Crippen molar-refractivity contribution in [3.63, 3.8) is 0 Å². The number of carboxylic acid groups (broad SMARTS) is 1. The van der Waals surface area contributed by atoms with E-state index < -0.39 is 11.9 Å². The van der Waals surface area contributed by atoms with E-state index in [0.717, 1.165) is 15.6 Å². The number of carbonyl (C=O) groups excluding carboxylic acids is 1. The summed E-state index contributed by atoms with van der Waals surface area (Å²) in [4.78, 5) is 35.5. The van der Waals surface area contributed by atoms with Crippen molar-refractivity contribution in [1.29, 1.82) is 0 Å². The number of anilines is 1. The molecule has 1 amide bonds. The van der Waals surface area contributed by atoms with Crippen LogP contribution in [0.15, 0.2) is 54.9 Å². The number of rotatable bonds is 5. The third kappa shape index (κ3) is 3.46. The van der Waals surface area contributed by atoms with Crippen LogP contribution in [-0.2, 0) is 16.0 Å². The summed E-state index contributed by atoms with van der Waals surface area (Å²) in [6.45, 7) is 0.190. The second kappa shape index (κ2) is 7.28. The first-order valence-electron chi connectivity index (χ1n) is 8.61. The summed E-state index contributed by atoms with van der Waals surface area (Å²) in [5.74, 6) is -1.64. The number of nitrogens with zero attached hydrogens (tertiary/aromatic N) is 3. The maximum atomic E-state index is 12.7.